The molecule has 0 atom stereocenters. The third kappa shape index (κ3) is 5.47. The highest BCUT2D eigenvalue weighted by Gasteiger charge is 1.90. The SMILES string of the molecule is CCC[13CH2]C(=O)O. The van der Waals surface area contributed by atoms with Crippen molar-refractivity contribution in [3.05, 3.63) is 0 Å². The minimum atomic E-state index is -0.693. The van der Waals surface area contributed by atoms with E-state index in [9.17, 15) is 4.79 Å². The van der Waals surface area contributed by atoms with Crippen LogP contribution in [0.25, 0.3) is 0 Å². The van der Waals surface area contributed by atoms with Crippen LogP contribution in [0.15, 0.2) is 0 Å². The summed E-state index contributed by atoms with van der Waals surface area (Å²) in [5.74, 6) is -0.693. The summed E-state index contributed by atoms with van der Waals surface area (Å²) in [4.78, 5) is 9.76. The Bertz CT molecular complexity index is 59.1. The minimum absolute atomic E-state index is 0.316. The molecule has 0 saturated carbocycles. The Hall–Kier alpha value is -0.530. The van der Waals surface area contributed by atoms with Crippen LogP contribution < -0.4 is 0 Å². The van der Waals surface area contributed by atoms with Crippen LogP contribution in [0.1, 0.15) is 26.2 Å². The molecule has 0 aliphatic heterocycles. The van der Waals surface area contributed by atoms with Crippen molar-refractivity contribution in [2.75, 3.05) is 0 Å². The number of unbranched alkanes of at least 4 members (excludes halogenated alkanes) is 1. The van der Waals surface area contributed by atoms with Gasteiger partial charge in [-0.05, 0) is 6.42 Å². The molecule has 0 rings (SSSR count). The van der Waals surface area contributed by atoms with Crippen molar-refractivity contribution in [3.63, 3.8) is 0 Å². The topological polar surface area (TPSA) is 37.3 Å². The summed E-state index contributed by atoms with van der Waals surface area (Å²) in [6.45, 7) is 1.98. The first-order chi connectivity index (χ1) is 3.27. The summed E-state index contributed by atoms with van der Waals surface area (Å²) < 4.78 is 0. The number of carboxylic acids is 1. The van der Waals surface area contributed by atoms with Crippen LogP contribution in [0.3, 0.4) is 0 Å². The Morgan fingerprint density at radius 2 is 2.29 bits per heavy atom. The van der Waals surface area contributed by atoms with E-state index < -0.39 is 5.97 Å². The van der Waals surface area contributed by atoms with E-state index in [-0.39, 0.29) is 0 Å². The largest absolute Gasteiger partial charge is 0.481 e. The molecule has 0 unspecified atom stereocenters. The maximum absolute atomic E-state index is 9.76. The maximum atomic E-state index is 9.76. The Balaban J connectivity index is 2.82. The second kappa shape index (κ2) is 3.65. The molecule has 7 heavy (non-hydrogen) atoms. The smallest absolute Gasteiger partial charge is 0.303 e. The molecule has 0 heterocycles. The standard InChI is InChI=1S/C5H10O2/c1-2-3-4-5(6)7/h2-4H2,1H3,(H,6,7)/i4+1. The summed E-state index contributed by atoms with van der Waals surface area (Å²) in [6.07, 6.45) is 2.08. The van der Waals surface area contributed by atoms with Crippen LogP contribution in [0.4, 0.5) is 0 Å². The lowest BCUT2D eigenvalue weighted by Crippen LogP contribution is -1.91. The molecule has 0 aliphatic carbocycles. The maximum Gasteiger partial charge on any atom is 0.303 e. The Morgan fingerprint density at radius 1 is 1.71 bits per heavy atom. The molecule has 0 radical (unpaired) electrons. The van der Waals surface area contributed by atoms with Gasteiger partial charge < -0.3 is 5.11 Å². The van der Waals surface area contributed by atoms with E-state index >= 15 is 0 Å². The molecular formula is C5H10O2. The molecule has 0 spiro atoms. The Labute approximate surface area is 43.2 Å². The number of rotatable bonds is 3. The molecule has 0 aromatic heterocycles. The molecule has 0 aliphatic rings. The summed E-state index contributed by atoms with van der Waals surface area (Å²) in [6, 6.07) is 0. The third-order valence-corrected chi connectivity index (χ3v) is 0.744. The van der Waals surface area contributed by atoms with E-state index in [0.29, 0.717) is 6.42 Å². The Morgan fingerprint density at radius 3 is 2.43 bits per heavy atom. The zero-order chi connectivity index (χ0) is 5.70. The van der Waals surface area contributed by atoms with Gasteiger partial charge in [0.25, 0.3) is 0 Å². The normalized spacial score (nSPS) is 8.71. The van der Waals surface area contributed by atoms with Crippen LogP contribution in [-0.4, -0.2) is 11.1 Å². The van der Waals surface area contributed by atoms with Gasteiger partial charge in [0.15, 0.2) is 0 Å². The Kier molecular flexibility index (Phi) is 3.38. The molecule has 42 valence electrons. The second-order valence-electron chi connectivity index (χ2n) is 1.50. The zero-order valence-electron chi connectivity index (χ0n) is 4.48. The van der Waals surface area contributed by atoms with E-state index in [0.717, 1.165) is 12.8 Å². The number of aliphatic carboxylic acids is 1. The summed E-state index contributed by atoms with van der Waals surface area (Å²) in [5.41, 5.74) is 0. The lowest BCUT2D eigenvalue weighted by Gasteiger charge is -1.85. The molecule has 0 fully saturated rings. The summed E-state index contributed by atoms with van der Waals surface area (Å²) in [7, 11) is 0. The molecular weight excluding hydrogens is 93.0 g/mol. The van der Waals surface area contributed by atoms with Crippen molar-refractivity contribution in [2.45, 2.75) is 26.2 Å². The first-order valence-electron chi connectivity index (χ1n) is 2.49. The van der Waals surface area contributed by atoms with E-state index in [1.54, 1.807) is 0 Å². The lowest BCUT2D eigenvalue weighted by molar-refractivity contribution is -0.137. The monoisotopic (exact) mass is 103 g/mol. The van der Waals surface area contributed by atoms with E-state index in [1.807, 2.05) is 6.92 Å². The van der Waals surface area contributed by atoms with Crippen LogP contribution >= 0.6 is 0 Å². The number of hydrogen-bond donors (Lipinski definition) is 1. The van der Waals surface area contributed by atoms with Gasteiger partial charge in [0.05, 0.1) is 0 Å². The van der Waals surface area contributed by atoms with Gasteiger partial charge in [-0.3, -0.25) is 4.79 Å². The van der Waals surface area contributed by atoms with Gasteiger partial charge in [-0.15, -0.1) is 0 Å². The second-order valence-corrected chi connectivity index (χ2v) is 1.50. The molecule has 1 N–H and O–H groups in total. The minimum Gasteiger partial charge on any atom is -0.481 e. The number of hydrogen-bond acceptors (Lipinski definition) is 1. The first kappa shape index (κ1) is 6.47. The van der Waals surface area contributed by atoms with E-state index in [1.165, 1.54) is 0 Å². The predicted molar refractivity (Wildman–Crippen MR) is 27.2 cm³/mol. The fourth-order valence-corrected chi connectivity index (χ4v) is 0.328. The van der Waals surface area contributed by atoms with E-state index in [2.05, 4.69) is 0 Å². The van der Waals surface area contributed by atoms with Crippen molar-refractivity contribution in [3.8, 4) is 0 Å². The van der Waals surface area contributed by atoms with Crippen molar-refractivity contribution >= 4 is 5.97 Å². The van der Waals surface area contributed by atoms with Crippen LogP contribution in [-0.2, 0) is 4.79 Å². The van der Waals surface area contributed by atoms with Crippen LogP contribution in [0.5, 0.6) is 0 Å². The fourth-order valence-electron chi connectivity index (χ4n) is 0.328. The zero-order valence-corrected chi connectivity index (χ0v) is 4.48. The van der Waals surface area contributed by atoms with Gasteiger partial charge in [0, 0.05) is 6.42 Å². The third-order valence-electron chi connectivity index (χ3n) is 0.744. The summed E-state index contributed by atoms with van der Waals surface area (Å²) >= 11 is 0. The quantitative estimate of drug-likeness (QED) is 0.546. The van der Waals surface area contributed by atoms with Crippen molar-refractivity contribution in [2.24, 2.45) is 0 Å². The molecule has 0 aromatic rings. The van der Waals surface area contributed by atoms with Crippen molar-refractivity contribution in [1.29, 1.82) is 0 Å². The van der Waals surface area contributed by atoms with Crippen LogP contribution in [0, 0.1) is 0 Å². The van der Waals surface area contributed by atoms with Crippen LogP contribution in [0.2, 0.25) is 0 Å². The van der Waals surface area contributed by atoms with Gasteiger partial charge in [-0.1, -0.05) is 13.3 Å². The first-order valence-corrected chi connectivity index (χ1v) is 2.49. The molecule has 2 nitrogen and oxygen atoms in total. The molecule has 0 amide bonds. The number of carboxylic acid groups (broad SMARTS) is 1. The highest BCUT2D eigenvalue weighted by Crippen LogP contribution is 1.91. The highest BCUT2D eigenvalue weighted by molar-refractivity contribution is 5.66. The van der Waals surface area contributed by atoms with Gasteiger partial charge in [0.2, 0.25) is 0 Å². The average Bonchev–Trinajstić information content (AvgIpc) is 1.61. The number of carbonyl (C=O) groups is 1. The molecule has 2 heteroatoms. The molecule has 0 saturated heterocycles. The predicted octanol–water partition coefficient (Wildman–Crippen LogP) is 1.26. The fraction of sp³-hybridized carbons (Fsp3) is 0.800. The van der Waals surface area contributed by atoms with Gasteiger partial charge in [-0.2, -0.15) is 0 Å². The van der Waals surface area contributed by atoms with Gasteiger partial charge in [0.1, 0.15) is 0 Å². The summed E-state index contributed by atoms with van der Waals surface area (Å²) in [5, 5.41) is 8.04. The van der Waals surface area contributed by atoms with Gasteiger partial charge in [-0.25, -0.2) is 0 Å². The highest BCUT2D eigenvalue weighted by atomic mass is 16.4. The average molecular weight is 103 g/mol. The molecule has 0 aromatic carbocycles. The van der Waals surface area contributed by atoms with Gasteiger partial charge >= 0.3 is 5.97 Å². The lowest BCUT2D eigenvalue weighted by atomic mass is 10.4. The van der Waals surface area contributed by atoms with Crippen molar-refractivity contribution < 1.29 is 9.90 Å². The van der Waals surface area contributed by atoms with E-state index in [4.69, 9.17) is 5.11 Å². The molecule has 0 bridgehead atoms. The van der Waals surface area contributed by atoms with Crippen molar-refractivity contribution in [1.82, 2.24) is 0 Å².